The maximum atomic E-state index is 11.8. The van der Waals surface area contributed by atoms with Crippen molar-refractivity contribution in [2.45, 2.75) is 12.6 Å². The van der Waals surface area contributed by atoms with Crippen molar-refractivity contribution in [3.05, 3.63) is 23.9 Å². The molecule has 1 amide bonds. The molecule has 0 saturated carbocycles. The van der Waals surface area contributed by atoms with E-state index in [0.29, 0.717) is 11.6 Å². The summed E-state index contributed by atoms with van der Waals surface area (Å²) in [6.07, 6.45) is -4.33. The van der Waals surface area contributed by atoms with Crippen molar-refractivity contribution >= 4 is 5.91 Å². The van der Waals surface area contributed by atoms with Crippen LogP contribution in [0.25, 0.3) is 0 Å². The largest absolute Gasteiger partial charge is 0.481 e. The molecular formula is C12H15F3N2O3. The predicted molar refractivity (Wildman–Crippen MR) is 64.4 cm³/mol. The molecule has 0 aliphatic rings. The van der Waals surface area contributed by atoms with Gasteiger partial charge in [-0.25, -0.2) is 4.98 Å². The Morgan fingerprint density at radius 3 is 2.80 bits per heavy atom. The molecule has 1 N–H and O–H groups in total. The number of pyridine rings is 1. The number of hydrogen-bond acceptors (Lipinski definition) is 4. The maximum absolute atomic E-state index is 11.8. The number of hydrogen-bond donors (Lipinski definition) is 1. The van der Waals surface area contributed by atoms with E-state index >= 15 is 0 Å². The number of ether oxygens (including phenoxy) is 2. The van der Waals surface area contributed by atoms with Gasteiger partial charge in [0.2, 0.25) is 11.8 Å². The van der Waals surface area contributed by atoms with Gasteiger partial charge in [0, 0.05) is 12.6 Å². The van der Waals surface area contributed by atoms with Gasteiger partial charge < -0.3 is 14.8 Å². The molecule has 0 saturated heterocycles. The first-order valence-electron chi connectivity index (χ1n) is 5.82. The van der Waals surface area contributed by atoms with Crippen molar-refractivity contribution in [2.75, 3.05) is 26.9 Å². The molecular weight excluding hydrogens is 277 g/mol. The molecule has 0 spiro atoms. The minimum atomic E-state index is -4.35. The topological polar surface area (TPSA) is 60.5 Å². The number of halogens is 3. The maximum Gasteiger partial charge on any atom is 0.411 e. The zero-order valence-electron chi connectivity index (χ0n) is 10.9. The Kier molecular flexibility index (Phi) is 6.23. The lowest BCUT2D eigenvalue weighted by Crippen LogP contribution is -2.30. The van der Waals surface area contributed by atoms with Crippen molar-refractivity contribution < 1.29 is 27.4 Å². The number of carbonyl (C=O) groups excluding carboxylic acids is 1. The van der Waals surface area contributed by atoms with Crippen molar-refractivity contribution in [3.8, 4) is 5.88 Å². The van der Waals surface area contributed by atoms with E-state index in [1.165, 1.54) is 7.11 Å². The average molecular weight is 292 g/mol. The van der Waals surface area contributed by atoms with E-state index in [1.54, 1.807) is 18.2 Å². The van der Waals surface area contributed by atoms with Gasteiger partial charge in [-0.2, -0.15) is 13.2 Å². The summed E-state index contributed by atoms with van der Waals surface area (Å²) in [6, 6.07) is 5.00. The summed E-state index contributed by atoms with van der Waals surface area (Å²) < 4.78 is 44.6. The van der Waals surface area contributed by atoms with Crippen LogP contribution in [0.1, 0.15) is 5.69 Å². The number of nitrogens with zero attached hydrogens (tertiary/aromatic N) is 1. The molecule has 0 aliphatic heterocycles. The van der Waals surface area contributed by atoms with Crippen LogP contribution in [-0.4, -0.2) is 43.9 Å². The van der Waals surface area contributed by atoms with Crippen LogP contribution in [0.4, 0.5) is 13.2 Å². The highest BCUT2D eigenvalue weighted by Gasteiger charge is 2.27. The third kappa shape index (κ3) is 6.93. The lowest BCUT2D eigenvalue weighted by molar-refractivity contribution is -0.173. The van der Waals surface area contributed by atoms with Crippen LogP contribution in [0, 0.1) is 0 Å². The number of rotatable bonds is 7. The van der Waals surface area contributed by atoms with Gasteiger partial charge >= 0.3 is 6.18 Å². The molecule has 8 heteroatoms. The molecule has 0 fully saturated rings. The molecule has 112 valence electrons. The van der Waals surface area contributed by atoms with Gasteiger partial charge in [-0.05, 0) is 6.07 Å². The Morgan fingerprint density at radius 1 is 1.40 bits per heavy atom. The third-order valence-corrected chi connectivity index (χ3v) is 2.17. The van der Waals surface area contributed by atoms with E-state index < -0.39 is 12.8 Å². The van der Waals surface area contributed by atoms with Crippen LogP contribution in [0.15, 0.2) is 18.2 Å². The summed E-state index contributed by atoms with van der Waals surface area (Å²) >= 11 is 0. The van der Waals surface area contributed by atoms with Crippen LogP contribution in [-0.2, 0) is 16.0 Å². The van der Waals surface area contributed by atoms with Gasteiger partial charge in [0.05, 0.1) is 25.8 Å². The Labute approximate surface area is 114 Å². The molecule has 1 heterocycles. The van der Waals surface area contributed by atoms with Gasteiger partial charge in [-0.1, -0.05) is 6.07 Å². The second-order valence-electron chi connectivity index (χ2n) is 3.87. The van der Waals surface area contributed by atoms with E-state index in [0.717, 1.165) is 0 Å². The minimum absolute atomic E-state index is 0.0128. The Balaban J connectivity index is 2.23. The molecule has 1 rings (SSSR count). The molecule has 0 bridgehead atoms. The molecule has 5 nitrogen and oxygen atoms in total. The fourth-order valence-electron chi connectivity index (χ4n) is 1.35. The molecule has 0 aromatic carbocycles. The van der Waals surface area contributed by atoms with Gasteiger partial charge in [0.25, 0.3) is 0 Å². The van der Waals surface area contributed by atoms with Crippen LogP contribution < -0.4 is 10.1 Å². The van der Waals surface area contributed by atoms with Gasteiger partial charge in [-0.15, -0.1) is 0 Å². The highest BCUT2D eigenvalue weighted by Crippen LogP contribution is 2.13. The number of alkyl halides is 3. The summed E-state index contributed by atoms with van der Waals surface area (Å²) in [4.78, 5) is 15.5. The fraction of sp³-hybridized carbons (Fsp3) is 0.500. The summed E-state index contributed by atoms with van der Waals surface area (Å²) in [5, 5.41) is 2.44. The highest BCUT2D eigenvalue weighted by atomic mass is 19.4. The summed E-state index contributed by atoms with van der Waals surface area (Å²) in [6.45, 7) is -1.50. The van der Waals surface area contributed by atoms with Crippen molar-refractivity contribution in [3.63, 3.8) is 0 Å². The molecule has 0 unspecified atom stereocenters. The average Bonchev–Trinajstić information content (AvgIpc) is 2.37. The zero-order chi connectivity index (χ0) is 15.0. The van der Waals surface area contributed by atoms with Gasteiger partial charge in [0.15, 0.2) is 0 Å². The van der Waals surface area contributed by atoms with Crippen LogP contribution in [0.2, 0.25) is 0 Å². The molecule has 1 aromatic rings. The van der Waals surface area contributed by atoms with Crippen LogP contribution >= 0.6 is 0 Å². The summed E-state index contributed by atoms with van der Waals surface area (Å²) in [5.74, 6) is 0.0465. The van der Waals surface area contributed by atoms with Gasteiger partial charge in [0.1, 0.15) is 6.61 Å². The lowest BCUT2D eigenvalue weighted by Gasteiger charge is -2.08. The Morgan fingerprint density at radius 2 is 2.15 bits per heavy atom. The molecule has 0 aliphatic carbocycles. The van der Waals surface area contributed by atoms with Crippen molar-refractivity contribution in [1.82, 2.24) is 10.3 Å². The lowest BCUT2D eigenvalue weighted by atomic mass is 10.2. The first kappa shape index (κ1) is 16.2. The van der Waals surface area contributed by atoms with E-state index in [-0.39, 0.29) is 25.5 Å². The second kappa shape index (κ2) is 7.68. The zero-order valence-corrected chi connectivity index (χ0v) is 10.9. The smallest absolute Gasteiger partial charge is 0.411 e. The first-order valence-corrected chi connectivity index (χ1v) is 5.82. The number of carbonyl (C=O) groups is 1. The first-order chi connectivity index (χ1) is 9.40. The van der Waals surface area contributed by atoms with E-state index in [1.807, 2.05) is 0 Å². The van der Waals surface area contributed by atoms with E-state index in [9.17, 15) is 18.0 Å². The quantitative estimate of drug-likeness (QED) is 0.770. The van der Waals surface area contributed by atoms with Gasteiger partial charge in [-0.3, -0.25) is 4.79 Å². The number of aromatic nitrogens is 1. The summed E-state index contributed by atoms with van der Waals surface area (Å²) in [7, 11) is 1.46. The Bertz CT molecular complexity index is 438. The predicted octanol–water partition coefficient (Wildman–Crippen LogP) is 1.33. The standard InChI is InChI=1S/C12H15F3N2O3/c1-19-11-4-2-3-9(17-11)7-10(18)16-5-6-20-8-12(13,14)15/h2-4H,5-8H2,1H3,(H,16,18). The van der Waals surface area contributed by atoms with Crippen molar-refractivity contribution in [1.29, 1.82) is 0 Å². The SMILES string of the molecule is COc1cccc(CC(=O)NCCOCC(F)(F)F)n1. The number of methoxy groups -OCH3 is 1. The number of amides is 1. The number of nitrogens with one attached hydrogen (secondary N) is 1. The minimum Gasteiger partial charge on any atom is -0.481 e. The fourth-order valence-corrected chi connectivity index (χ4v) is 1.35. The molecule has 1 aromatic heterocycles. The summed E-state index contributed by atoms with van der Waals surface area (Å²) in [5.41, 5.74) is 0.512. The third-order valence-electron chi connectivity index (χ3n) is 2.17. The van der Waals surface area contributed by atoms with Crippen LogP contribution in [0.5, 0.6) is 5.88 Å². The molecule has 20 heavy (non-hydrogen) atoms. The van der Waals surface area contributed by atoms with Crippen LogP contribution in [0.3, 0.4) is 0 Å². The molecule has 0 atom stereocenters. The monoisotopic (exact) mass is 292 g/mol. The molecule has 0 radical (unpaired) electrons. The highest BCUT2D eigenvalue weighted by molar-refractivity contribution is 5.78. The normalized spacial score (nSPS) is 11.2. The van der Waals surface area contributed by atoms with E-state index in [2.05, 4.69) is 15.0 Å². The Hall–Kier alpha value is -1.83. The van der Waals surface area contributed by atoms with Crippen molar-refractivity contribution in [2.24, 2.45) is 0 Å². The van der Waals surface area contributed by atoms with E-state index in [4.69, 9.17) is 4.74 Å². The second-order valence-corrected chi connectivity index (χ2v) is 3.87.